The summed E-state index contributed by atoms with van der Waals surface area (Å²) in [6.45, 7) is 2.07. The molecule has 0 spiro atoms. The molecular weight excluding hydrogens is 202 g/mol. The van der Waals surface area contributed by atoms with E-state index in [0.29, 0.717) is 0 Å². The average Bonchev–Trinajstić information content (AvgIpc) is 2.35. The predicted octanol–water partition coefficient (Wildman–Crippen LogP) is 3.11. The molecule has 0 aliphatic heterocycles. The zero-order valence-electron chi connectivity index (χ0n) is 9.99. The Kier molecular flexibility index (Phi) is 4.65. The molecule has 0 heterocycles. The molecule has 0 aliphatic rings. The molecule has 3 heteroatoms. The molecular formula is C13H17NO2. The fraction of sp³-hybridized carbons (Fsp3) is 0.462. The van der Waals surface area contributed by atoms with Crippen molar-refractivity contribution in [2.24, 2.45) is 0 Å². The Morgan fingerprint density at radius 3 is 2.12 bits per heavy atom. The molecule has 0 saturated carbocycles. The minimum Gasteiger partial charge on any atom is -0.497 e. The van der Waals surface area contributed by atoms with Crippen molar-refractivity contribution in [2.45, 2.75) is 25.7 Å². The maximum absolute atomic E-state index is 9.11. The molecule has 0 radical (unpaired) electrons. The molecule has 0 N–H and O–H groups in total. The second-order valence-corrected chi connectivity index (χ2v) is 3.62. The van der Waals surface area contributed by atoms with Crippen molar-refractivity contribution < 1.29 is 9.47 Å². The Balaban J connectivity index is 3.06. The van der Waals surface area contributed by atoms with Gasteiger partial charge in [0.05, 0.1) is 26.2 Å². The number of nitrogens with zero attached hydrogens (tertiary/aromatic N) is 1. The van der Waals surface area contributed by atoms with E-state index < -0.39 is 0 Å². The van der Waals surface area contributed by atoms with Crippen LogP contribution in [-0.4, -0.2) is 14.2 Å². The van der Waals surface area contributed by atoms with Crippen molar-refractivity contribution in [1.29, 1.82) is 5.26 Å². The summed E-state index contributed by atoms with van der Waals surface area (Å²) in [6.07, 6.45) is 1.84. The summed E-state index contributed by atoms with van der Waals surface area (Å²) < 4.78 is 10.4. The fourth-order valence-corrected chi connectivity index (χ4v) is 1.63. The first kappa shape index (κ1) is 12.4. The van der Waals surface area contributed by atoms with E-state index in [1.807, 2.05) is 18.2 Å². The van der Waals surface area contributed by atoms with Gasteiger partial charge in [-0.15, -0.1) is 0 Å². The Morgan fingerprint density at radius 2 is 1.75 bits per heavy atom. The molecule has 1 atom stereocenters. The highest BCUT2D eigenvalue weighted by atomic mass is 16.5. The average molecular weight is 219 g/mol. The summed E-state index contributed by atoms with van der Waals surface area (Å²) >= 11 is 0. The second-order valence-electron chi connectivity index (χ2n) is 3.62. The molecule has 0 fully saturated rings. The monoisotopic (exact) mass is 219 g/mol. The molecule has 1 aromatic rings. The molecule has 0 amide bonds. The van der Waals surface area contributed by atoms with Crippen molar-refractivity contribution in [3.8, 4) is 17.6 Å². The maximum Gasteiger partial charge on any atom is 0.122 e. The van der Waals surface area contributed by atoms with Crippen LogP contribution in [0.3, 0.4) is 0 Å². The number of hydrogen-bond donors (Lipinski definition) is 0. The lowest BCUT2D eigenvalue weighted by molar-refractivity contribution is 0.393. The van der Waals surface area contributed by atoms with Crippen molar-refractivity contribution >= 4 is 0 Å². The fourth-order valence-electron chi connectivity index (χ4n) is 1.63. The number of ether oxygens (including phenoxy) is 2. The van der Waals surface area contributed by atoms with Crippen LogP contribution >= 0.6 is 0 Å². The molecule has 1 rings (SSSR count). The zero-order chi connectivity index (χ0) is 12.0. The van der Waals surface area contributed by atoms with Gasteiger partial charge >= 0.3 is 0 Å². The molecule has 1 aromatic carbocycles. The first-order valence-corrected chi connectivity index (χ1v) is 5.37. The highest BCUT2D eigenvalue weighted by Gasteiger charge is 2.12. The van der Waals surface area contributed by atoms with Gasteiger partial charge in [0, 0.05) is 6.07 Å². The molecule has 1 unspecified atom stereocenters. The van der Waals surface area contributed by atoms with Crippen LogP contribution in [0.4, 0.5) is 0 Å². The van der Waals surface area contributed by atoms with Crippen LogP contribution < -0.4 is 9.47 Å². The van der Waals surface area contributed by atoms with Gasteiger partial charge in [-0.1, -0.05) is 13.3 Å². The summed E-state index contributed by atoms with van der Waals surface area (Å²) in [7, 11) is 3.22. The molecule has 86 valence electrons. The van der Waals surface area contributed by atoms with Crippen molar-refractivity contribution in [1.82, 2.24) is 0 Å². The quantitative estimate of drug-likeness (QED) is 0.764. The van der Waals surface area contributed by atoms with E-state index in [1.165, 1.54) is 0 Å². The van der Waals surface area contributed by atoms with Crippen LogP contribution in [0.15, 0.2) is 18.2 Å². The molecule has 0 aromatic heterocycles. The lowest BCUT2D eigenvalue weighted by Gasteiger charge is -2.12. The van der Waals surface area contributed by atoms with Gasteiger partial charge in [-0.05, 0) is 24.1 Å². The van der Waals surface area contributed by atoms with E-state index in [0.717, 1.165) is 29.9 Å². The van der Waals surface area contributed by atoms with E-state index >= 15 is 0 Å². The van der Waals surface area contributed by atoms with Crippen molar-refractivity contribution in [3.63, 3.8) is 0 Å². The molecule has 0 bridgehead atoms. The molecule has 3 nitrogen and oxygen atoms in total. The first-order chi connectivity index (χ1) is 7.74. The maximum atomic E-state index is 9.11. The number of hydrogen-bond acceptors (Lipinski definition) is 3. The Hall–Kier alpha value is -1.69. The summed E-state index contributed by atoms with van der Waals surface area (Å²) in [5.74, 6) is 1.37. The van der Waals surface area contributed by atoms with Crippen molar-refractivity contribution in [3.05, 3.63) is 23.8 Å². The van der Waals surface area contributed by atoms with Gasteiger partial charge in [-0.25, -0.2) is 0 Å². The van der Waals surface area contributed by atoms with Crippen molar-refractivity contribution in [2.75, 3.05) is 14.2 Å². The predicted molar refractivity (Wildman–Crippen MR) is 62.8 cm³/mol. The molecule has 0 aliphatic carbocycles. The van der Waals surface area contributed by atoms with E-state index in [1.54, 1.807) is 14.2 Å². The van der Waals surface area contributed by atoms with Gasteiger partial charge in [0.15, 0.2) is 0 Å². The standard InChI is InChI=1S/C13H17NO2/c1-4-5-10(9-14)11-6-12(15-2)8-13(7-11)16-3/h6-8,10H,4-5H2,1-3H3. The third-order valence-corrected chi connectivity index (χ3v) is 2.51. The van der Waals surface area contributed by atoms with E-state index in [9.17, 15) is 0 Å². The number of nitriles is 1. The van der Waals surface area contributed by atoms with E-state index in [2.05, 4.69) is 13.0 Å². The highest BCUT2D eigenvalue weighted by Crippen LogP contribution is 2.29. The number of methoxy groups -OCH3 is 2. The smallest absolute Gasteiger partial charge is 0.122 e. The normalized spacial score (nSPS) is 11.6. The second kappa shape index (κ2) is 6.02. The Labute approximate surface area is 96.6 Å². The zero-order valence-corrected chi connectivity index (χ0v) is 9.99. The Morgan fingerprint density at radius 1 is 1.19 bits per heavy atom. The SMILES string of the molecule is CCCC(C#N)c1cc(OC)cc(OC)c1. The van der Waals surface area contributed by atoms with Gasteiger partial charge < -0.3 is 9.47 Å². The highest BCUT2D eigenvalue weighted by molar-refractivity contribution is 5.41. The van der Waals surface area contributed by atoms with E-state index in [4.69, 9.17) is 14.7 Å². The van der Waals surface area contributed by atoms with Crippen LogP contribution in [0.1, 0.15) is 31.2 Å². The Bertz CT molecular complexity index is 360. The number of benzene rings is 1. The summed E-state index contributed by atoms with van der Waals surface area (Å²) in [6, 6.07) is 7.91. The van der Waals surface area contributed by atoms with Gasteiger partial charge in [0.2, 0.25) is 0 Å². The number of rotatable bonds is 5. The van der Waals surface area contributed by atoms with Gasteiger partial charge in [0.1, 0.15) is 11.5 Å². The largest absolute Gasteiger partial charge is 0.497 e. The third kappa shape index (κ3) is 2.90. The van der Waals surface area contributed by atoms with Gasteiger partial charge in [-0.3, -0.25) is 0 Å². The molecule has 16 heavy (non-hydrogen) atoms. The van der Waals surface area contributed by atoms with Gasteiger partial charge in [0.25, 0.3) is 0 Å². The summed E-state index contributed by atoms with van der Waals surface area (Å²) in [5.41, 5.74) is 0.959. The lowest BCUT2D eigenvalue weighted by atomic mass is 9.95. The van der Waals surface area contributed by atoms with Crippen LogP contribution in [-0.2, 0) is 0 Å². The van der Waals surface area contributed by atoms with Crippen LogP contribution in [0, 0.1) is 11.3 Å². The van der Waals surface area contributed by atoms with Crippen LogP contribution in [0.5, 0.6) is 11.5 Å². The van der Waals surface area contributed by atoms with Gasteiger partial charge in [-0.2, -0.15) is 5.26 Å². The topological polar surface area (TPSA) is 42.2 Å². The minimum atomic E-state index is -0.0889. The molecule has 0 saturated heterocycles. The first-order valence-electron chi connectivity index (χ1n) is 5.37. The van der Waals surface area contributed by atoms with Crippen LogP contribution in [0.2, 0.25) is 0 Å². The third-order valence-electron chi connectivity index (χ3n) is 2.51. The summed E-state index contributed by atoms with van der Waals surface area (Å²) in [5, 5.41) is 9.11. The minimum absolute atomic E-state index is 0.0889. The lowest BCUT2D eigenvalue weighted by Crippen LogP contribution is -1.97. The van der Waals surface area contributed by atoms with Crippen LogP contribution in [0.25, 0.3) is 0 Å². The van der Waals surface area contributed by atoms with E-state index in [-0.39, 0.29) is 5.92 Å². The summed E-state index contributed by atoms with van der Waals surface area (Å²) in [4.78, 5) is 0.